The molecule has 0 atom stereocenters. The van der Waals surface area contributed by atoms with Crippen LogP contribution in [0, 0.1) is 0 Å². The Bertz CT molecular complexity index is 1210. The lowest BCUT2D eigenvalue weighted by atomic mass is 10.1. The van der Waals surface area contributed by atoms with Crippen LogP contribution in [0.1, 0.15) is 22.8 Å². The molecule has 0 spiro atoms. The summed E-state index contributed by atoms with van der Waals surface area (Å²) < 4.78 is 44.2. The Labute approximate surface area is 200 Å². The lowest BCUT2D eigenvalue weighted by Gasteiger charge is -2.11. The number of amides is 2. The third-order valence-electron chi connectivity index (χ3n) is 4.65. The van der Waals surface area contributed by atoms with Crippen LogP contribution in [0.25, 0.3) is 0 Å². The van der Waals surface area contributed by atoms with Crippen molar-refractivity contribution in [1.82, 2.24) is 0 Å². The summed E-state index contributed by atoms with van der Waals surface area (Å²) >= 11 is 0. The van der Waals surface area contributed by atoms with Crippen molar-refractivity contribution >= 4 is 28.9 Å². The fourth-order valence-corrected chi connectivity index (χ4v) is 2.98. The van der Waals surface area contributed by atoms with Crippen molar-refractivity contribution in [1.29, 1.82) is 0 Å². The van der Waals surface area contributed by atoms with E-state index in [1.807, 2.05) is 6.92 Å². The molecule has 3 aromatic rings. The molecule has 0 bridgehead atoms. The van der Waals surface area contributed by atoms with Gasteiger partial charge in [0.25, 0.3) is 5.91 Å². The van der Waals surface area contributed by atoms with E-state index in [1.165, 1.54) is 24.3 Å². The van der Waals surface area contributed by atoms with Gasteiger partial charge >= 0.3 is 6.18 Å². The average Bonchev–Trinajstić information content (AvgIpc) is 2.82. The van der Waals surface area contributed by atoms with Gasteiger partial charge < -0.3 is 20.7 Å². The first-order valence-corrected chi connectivity index (χ1v) is 10.6. The standard InChI is InChI=1S/C26H24F3N3O3/c1-17(2)16-35-23-11-9-20(10-12-23)31-24(33)15-30-21-7-3-5-18(13-21)25(34)32-22-8-4-6-19(14-22)26(27,28)29/h3-14,30H,1,15-16H2,2H3,(H,31,33)(H,32,34). The van der Waals surface area contributed by atoms with Crippen molar-refractivity contribution in [3.05, 3.63) is 96.1 Å². The minimum absolute atomic E-state index is 0.0265. The first-order valence-electron chi connectivity index (χ1n) is 10.6. The zero-order chi connectivity index (χ0) is 25.4. The molecule has 0 saturated heterocycles. The van der Waals surface area contributed by atoms with Crippen LogP contribution in [-0.2, 0) is 11.0 Å². The zero-order valence-electron chi connectivity index (χ0n) is 18.9. The number of hydrogen-bond donors (Lipinski definition) is 3. The molecule has 3 aromatic carbocycles. The lowest BCUT2D eigenvalue weighted by Crippen LogP contribution is -2.22. The van der Waals surface area contributed by atoms with Crippen LogP contribution in [-0.4, -0.2) is 25.0 Å². The van der Waals surface area contributed by atoms with Gasteiger partial charge in [0.2, 0.25) is 5.91 Å². The number of ether oxygens (including phenoxy) is 1. The highest BCUT2D eigenvalue weighted by Gasteiger charge is 2.30. The molecule has 0 aliphatic carbocycles. The van der Waals surface area contributed by atoms with Crippen molar-refractivity contribution in [2.45, 2.75) is 13.1 Å². The fraction of sp³-hybridized carbons (Fsp3) is 0.154. The highest BCUT2D eigenvalue weighted by molar-refractivity contribution is 6.05. The molecule has 0 heterocycles. The highest BCUT2D eigenvalue weighted by atomic mass is 19.4. The second-order valence-corrected chi connectivity index (χ2v) is 7.79. The molecule has 0 fully saturated rings. The van der Waals surface area contributed by atoms with Gasteiger partial charge in [0.1, 0.15) is 12.4 Å². The van der Waals surface area contributed by atoms with E-state index in [4.69, 9.17) is 4.74 Å². The SMILES string of the molecule is C=C(C)COc1ccc(NC(=O)CNc2cccc(C(=O)Nc3cccc(C(F)(F)F)c3)c2)cc1. The Morgan fingerprint density at radius 1 is 0.886 bits per heavy atom. The predicted octanol–water partition coefficient (Wildman–Crippen LogP) is 5.96. The second-order valence-electron chi connectivity index (χ2n) is 7.79. The van der Waals surface area contributed by atoms with E-state index in [2.05, 4.69) is 22.5 Å². The molecule has 3 rings (SSSR count). The Balaban J connectivity index is 1.54. The number of rotatable bonds is 9. The number of carbonyl (C=O) groups is 2. The zero-order valence-corrected chi connectivity index (χ0v) is 18.9. The summed E-state index contributed by atoms with van der Waals surface area (Å²) in [5.41, 5.74) is 1.38. The molecular weight excluding hydrogens is 459 g/mol. The monoisotopic (exact) mass is 483 g/mol. The van der Waals surface area contributed by atoms with E-state index in [0.29, 0.717) is 23.7 Å². The summed E-state index contributed by atoms with van der Waals surface area (Å²) in [4.78, 5) is 24.8. The molecule has 0 aromatic heterocycles. The summed E-state index contributed by atoms with van der Waals surface area (Å²) in [6.45, 7) is 5.98. The number of benzene rings is 3. The minimum atomic E-state index is -4.51. The normalized spacial score (nSPS) is 10.9. The van der Waals surface area contributed by atoms with Crippen LogP contribution < -0.4 is 20.7 Å². The number of carbonyl (C=O) groups excluding carboxylic acids is 2. The van der Waals surface area contributed by atoms with Crippen molar-refractivity contribution in [2.24, 2.45) is 0 Å². The van der Waals surface area contributed by atoms with E-state index in [-0.39, 0.29) is 23.7 Å². The van der Waals surface area contributed by atoms with Gasteiger partial charge in [-0.15, -0.1) is 0 Å². The maximum absolute atomic E-state index is 12.9. The summed E-state index contributed by atoms with van der Waals surface area (Å²) in [7, 11) is 0. The topological polar surface area (TPSA) is 79.5 Å². The Kier molecular flexibility index (Phi) is 8.14. The quantitative estimate of drug-likeness (QED) is 0.328. The van der Waals surface area contributed by atoms with Gasteiger partial charge in [-0.3, -0.25) is 9.59 Å². The molecule has 6 nitrogen and oxygen atoms in total. The van der Waals surface area contributed by atoms with Crippen LogP contribution in [0.5, 0.6) is 5.75 Å². The molecule has 2 amide bonds. The van der Waals surface area contributed by atoms with Crippen molar-refractivity contribution in [3.8, 4) is 5.75 Å². The van der Waals surface area contributed by atoms with Crippen molar-refractivity contribution < 1.29 is 27.5 Å². The maximum Gasteiger partial charge on any atom is 0.416 e. The van der Waals surface area contributed by atoms with Crippen LogP contribution >= 0.6 is 0 Å². The molecule has 0 radical (unpaired) electrons. The number of alkyl halides is 3. The van der Waals surface area contributed by atoms with Crippen LogP contribution in [0.15, 0.2) is 84.9 Å². The summed E-state index contributed by atoms with van der Waals surface area (Å²) in [5.74, 6) is -0.227. The van der Waals surface area contributed by atoms with Crippen LogP contribution in [0.4, 0.5) is 30.2 Å². The molecule has 35 heavy (non-hydrogen) atoms. The molecule has 182 valence electrons. The number of halogens is 3. The van der Waals surface area contributed by atoms with Gasteiger partial charge in [0.05, 0.1) is 12.1 Å². The predicted molar refractivity (Wildman–Crippen MR) is 130 cm³/mol. The van der Waals surface area contributed by atoms with Crippen molar-refractivity contribution in [2.75, 3.05) is 29.1 Å². The first-order chi connectivity index (χ1) is 16.6. The minimum Gasteiger partial charge on any atom is -0.489 e. The van der Waals surface area contributed by atoms with Crippen LogP contribution in [0.3, 0.4) is 0 Å². The highest BCUT2D eigenvalue weighted by Crippen LogP contribution is 2.30. The molecular formula is C26H24F3N3O3. The van der Waals surface area contributed by atoms with Gasteiger partial charge in [0.15, 0.2) is 0 Å². The van der Waals surface area contributed by atoms with E-state index in [9.17, 15) is 22.8 Å². The Morgan fingerprint density at radius 2 is 1.57 bits per heavy atom. The van der Waals surface area contributed by atoms with Gasteiger partial charge in [0, 0.05) is 22.6 Å². The molecule has 0 saturated carbocycles. The largest absolute Gasteiger partial charge is 0.489 e. The van der Waals surface area contributed by atoms with Gasteiger partial charge in [-0.1, -0.05) is 18.7 Å². The smallest absolute Gasteiger partial charge is 0.416 e. The first kappa shape index (κ1) is 25.4. The van der Waals surface area contributed by atoms with Gasteiger partial charge in [-0.25, -0.2) is 0 Å². The van der Waals surface area contributed by atoms with Crippen molar-refractivity contribution in [3.63, 3.8) is 0 Å². The molecule has 9 heteroatoms. The fourth-order valence-electron chi connectivity index (χ4n) is 2.98. The number of anilines is 3. The number of nitrogens with one attached hydrogen (secondary N) is 3. The lowest BCUT2D eigenvalue weighted by molar-refractivity contribution is -0.137. The molecule has 3 N–H and O–H groups in total. The molecule has 0 aliphatic heterocycles. The van der Waals surface area contributed by atoms with Gasteiger partial charge in [-0.2, -0.15) is 13.2 Å². The van der Waals surface area contributed by atoms with Gasteiger partial charge in [-0.05, 0) is 73.2 Å². The third-order valence-corrected chi connectivity index (χ3v) is 4.65. The Hall–Kier alpha value is -4.27. The van der Waals surface area contributed by atoms with Crippen LogP contribution in [0.2, 0.25) is 0 Å². The second kappa shape index (κ2) is 11.2. The number of hydrogen-bond acceptors (Lipinski definition) is 4. The summed E-state index contributed by atoms with van der Waals surface area (Å²) in [6.07, 6.45) is -4.51. The van der Waals surface area contributed by atoms with E-state index >= 15 is 0 Å². The van der Waals surface area contributed by atoms with E-state index in [1.54, 1.807) is 36.4 Å². The van der Waals surface area contributed by atoms with E-state index in [0.717, 1.165) is 17.7 Å². The third kappa shape index (κ3) is 7.92. The van der Waals surface area contributed by atoms with E-state index < -0.39 is 17.6 Å². The molecule has 0 aliphatic rings. The average molecular weight is 483 g/mol. The Morgan fingerprint density at radius 3 is 2.26 bits per heavy atom. The summed E-state index contributed by atoms with van der Waals surface area (Å²) in [6, 6.07) is 17.6. The molecule has 0 unspecified atom stereocenters. The maximum atomic E-state index is 12.9. The summed E-state index contributed by atoms with van der Waals surface area (Å²) in [5, 5.41) is 8.12.